The number of carbonyl (C=O) groups is 1. The fourth-order valence-electron chi connectivity index (χ4n) is 1.88. The quantitative estimate of drug-likeness (QED) is 0.843. The first-order valence-corrected chi connectivity index (χ1v) is 4.92. The van der Waals surface area contributed by atoms with Gasteiger partial charge >= 0.3 is 12.1 Å². The number of carboxylic acid groups (broad SMARTS) is 1. The third-order valence-electron chi connectivity index (χ3n) is 3.02. The van der Waals surface area contributed by atoms with Crippen molar-refractivity contribution in [3.05, 3.63) is 29.3 Å². The molecule has 0 atom stereocenters. The van der Waals surface area contributed by atoms with Crippen LogP contribution in [0.2, 0.25) is 0 Å². The summed E-state index contributed by atoms with van der Waals surface area (Å²) in [6.07, 6.45) is -4.19. The Balaban J connectivity index is 2.55. The predicted molar refractivity (Wildman–Crippen MR) is 51.7 cm³/mol. The molecule has 0 bridgehead atoms. The molecule has 1 aromatic rings. The molecular weight excluding hydrogens is 237 g/mol. The number of phenols is 1. The summed E-state index contributed by atoms with van der Waals surface area (Å²) in [5, 5.41) is 18.5. The minimum Gasteiger partial charge on any atom is -0.507 e. The second-order valence-corrected chi connectivity index (χ2v) is 4.09. The summed E-state index contributed by atoms with van der Waals surface area (Å²) in [4.78, 5) is 11.0. The molecule has 1 aliphatic carbocycles. The minimum atomic E-state index is -4.69. The Bertz CT molecular complexity index is 475. The lowest BCUT2D eigenvalue weighted by atomic mass is 9.93. The first kappa shape index (κ1) is 11.8. The highest BCUT2D eigenvalue weighted by Gasteiger charge is 2.54. The largest absolute Gasteiger partial charge is 0.507 e. The van der Waals surface area contributed by atoms with Gasteiger partial charge in [0.1, 0.15) is 5.75 Å². The van der Waals surface area contributed by atoms with Crippen LogP contribution in [-0.2, 0) is 16.4 Å². The van der Waals surface area contributed by atoms with Crippen molar-refractivity contribution in [2.45, 2.75) is 24.4 Å². The van der Waals surface area contributed by atoms with Gasteiger partial charge in [0.15, 0.2) is 0 Å². The number of aromatic hydroxyl groups is 1. The Morgan fingerprint density at radius 3 is 2.29 bits per heavy atom. The van der Waals surface area contributed by atoms with Crippen molar-refractivity contribution in [1.29, 1.82) is 0 Å². The van der Waals surface area contributed by atoms with E-state index in [1.54, 1.807) is 0 Å². The molecule has 92 valence electrons. The van der Waals surface area contributed by atoms with Crippen LogP contribution in [0.5, 0.6) is 5.75 Å². The number of para-hydroxylation sites is 1. The highest BCUT2D eigenvalue weighted by atomic mass is 19.4. The van der Waals surface area contributed by atoms with Crippen molar-refractivity contribution in [3.8, 4) is 5.75 Å². The fraction of sp³-hybridized carbons (Fsp3) is 0.364. The van der Waals surface area contributed by atoms with Crippen molar-refractivity contribution in [3.63, 3.8) is 0 Å². The zero-order valence-electron chi connectivity index (χ0n) is 8.58. The van der Waals surface area contributed by atoms with E-state index >= 15 is 0 Å². The molecule has 2 N–H and O–H groups in total. The van der Waals surface area contributed by atoms with Gasteiger partial charge in [-0.2, -0.15) is 13.2 Å². The fourth-order valence-corrected chi connectivity index (χ4v) is 1.88. The van der Waals surface area contributed by atoms with Crippen LogP contribution in [0.1, 0.15) is 24.0 Å². The number of carboxylic acids is 1. The van der Waals surface area contributed by atoms with Gasteiger partial charge < -0.3 is 10.2 Å². The molecule has 1 fully saturated rings. The predicted octanol–water partition coefficient (Wildman–Crippen LogP) is 2.53. The molecule has 0 amide bonds. The minimum absolute atomic E-state index is 0.153. The molecule has 1 aromatic carbocycles. The van der Waals surface area contributed by atoms with Gasteiger partial charge in [0.05, 0.1) is 11.0 Å². The van der Waals surface area contributed by atoms with Crippen LogP contribution in [0, 0.1) is 0 Å². The van der Waals surface area contributed by atoms with E-state index in [0.717, 1.165) is 12.1 Å². The Morgan fingerprint density at radius 1 is 1.29 bits per heavy atom. The Morgan fingerprint density at radius 2 is 1.88 bits per heavy atom. The van der Waals surface area contributed by atoms with Gasteiger partial charge in [-0.1, -0.05) is 12.1 Å². The molecule has 0 radical (unpaired) electrons. The molecule has 0 saturated heterocycles. The van der Waals surface area contributed by atoms with E-state index in [4.69, 9.17) is 5.11 Å². The number of hydrogen-bond acceptors (Lipinski definition) is 2. The summed E-state index contributed by atoms with van der Waals surface area (Å²) in [6.45, 7) is 0. The van der Waals surface area contributed by atoms with Crippen LogP contribution in [0.4, 0.5) is 13.2 Å². The molecule has 0 aromatic heterocycles. The number of aliphatic carboxylic acids is 1. The van der Waals surface area contributed by atoms with E-state index in [1.165, 1.54) is 6.07 Å². The molecule has 1 saturated carbocycles. The Kier molecular flexibility index (Phi) is 2.34. The van der Waals surface area contributed by atoms with Crippen molar-refractivity contribution < 1.29 is 28.2 Å². The number of alkyl halides is 3. The van der Waals surface area contributed by atoms with E-state index in [0.29, 0.717) is 0 Å². The molecule has 0 unspecified atom stereocenters. The van der Waals surface area contributed by atoms with Crippen LogP contribution < -0.4 is 0 Å². The number of phenolic OH excluding ortho intramolecular Hbond substituents is 1. The van der Waals surface area contributed by atoms with Gasteiger partial charge in [0, 0.05) is 5.56 Å². The van der Waals surface area contributed by atoms with Crippen LogP contribution >= 0.6 is 0 Å². The van der Waals surface area contributed by atoms with Crippen LogP contribution in [0.25, 0.3) is 0 Å². The van der Waals surface area contributed by atoms with Crippen LogP contribution in [0.15, 0.2) is 18.2 Å². The summed E-state index contributed by atoms with van der Waals surface area (Å²) in [5.74, 6) is -2.17. The molecule has 0 aliphatic heterocycles. The molecule has 17 heavy (non-hydrogen) atoms. The van der Waals surface area contributed by atoms with Crippen molar-refractivity contribution in [2.24, 2.45) is 0 Å². The zero-order valence-corrected chi connectivity index (χ0v) is 8.58. The maximum absolute atomic E-state index is 12.5. The average molecular weight is 246 g/mol. The summed E-state index contributed by atoms with van der Waals surface area (Å²) < 4.78 is 37.6. The maximum atomic E-state index is 12.5. The normalized spacial score (nSPS) is 17.8. The summed E-state index contributed by atoms with van der Waals surface area (Å²) in [5.41, 5.74) is -2.69. The third-order valence-corrected chi connectivity index (χ3v) is 3.02. The van der Waals surface area contributed by atoms with Crippen LogP contribution in [-0.4, -0.2) is 16.2 Å². The molecule has 0 heterocycles. The van der Waals surface area contributed by atoms with Gasteiger partial charge in [-0.25, -0.2) is 0 Å². The standard InChI is InChI=1S/C11H9F3O3/c12-11(13,14)7-3-1-2-6(8(7)15)10(4-5-10)9(16)17/h1-3,15H,4-5H2,(H,16,17). The van der Waals surface area contributed by atoms with Gasteiger partial charge in [0.2, 0.25) is 0 Å². The first-order valence-electron chi connectivity index (χ1n) is 4.92. The summed E-state index contributed by atoms with van der Waals surface area (Å²) in [7, 11) is 0. The monoisotopic (exact) mass is 246 g/mol. The highest BCUT2D eigenvalue weighted by Crippen LogP contribution is 2.53. The third kappa shape index (κ3) is 1.73. The maximum Gasteiger partial charge on any atom is 0.419 e. The van der Waals surface area contributed by atoms with E-state index < -0.39 is 28.9 Å². The van der Waals surface area contributed by atoms with Gasteiger partial charge in [-0.15, -0.1) is 0 Å². The SMILES string of the molecule is O=C(O)C1(c2cccc(C(F)(F)F)c2O)CC1. The Labute approximate surface area is 94.5 Å². The van der Waals surface area contributed by atoms with Crippen molar-refractivity contribution >= 4 is 5.97 Å². The van der Waals surface area contributed by atoms with Gasteiger partial charge in [-0.05, 0) is 18.9 Å². The summed E-state index contributed by atoms with van der Waals surface area (Å²) >= 11 is 0. The second-order valence-electron chi connectivity index (χ2n) is 4.09. The van der Waals surface area contributed by atoms with Crippen molar-refractivity contribution in [2.75, 3.05) is 0 Å². The highest BCUT2D eigenvalue weighted by molar-refractivity contribution is 5.86. The number of halogens is 3. The Hall–Kier alpha value is -1.72. The molecule has 1 aliphatic rings. The topological polar surface area (TPSA) is 57.5 Å². The molecular formula is C11H9F3O3. The van der Waals surface area contributed by atoms with E-state index in [9.17, 15) is 23.1 Å². The first-order chi connectivity index (χ1) is 7.79. The van der Waals surface area contributed by atoms with E-state index in [-0.39, 0.29) is 18.4 Å². The zero-order chi connectivity index (χ0) is 12.8. The smallest absolute Gasteiger partial charge is 0.419 e. The average Bonchev–Trinajstić information content (AvgIpc) is 2.97. The lowest BCUT2D eigenvalue weighted by molar-refractivity contribution is -0.141. The van der Waals surface area contributed by atoms with Gasteiger partial charge in [0.25, 0.3) is 0 Å². The molecule has 0 spiro atoms. The molecule has 3 nitrogen and oxygen atoms in total. The molecule has 2 rings (SSSR count). The lowest BCUT2D eigenvalue weighted by Gasteiger charge is -2.16. The van der Waals surface area contributed by atoms with Gasteiger partial charge in [-0.3, -0.25) is 4.79 Å². The second kappa shape index (κ2) is 3.38. The van der Waals surface area contributed by atoms with Crippen molar-refractivity contribution in [1.82, 2.24) is 0 Å². The number of hydrogen-bond donors (Lipinski definition) is 2. The van der Waals surface area contributed by atoms with E-state index in [2.05, 4.69) is 0 Å². The number of rotatable bonds is 2. The van der Waals surface area contributed by atoms with E-state index in [1.807, 2.05) is 0 Å². The summed E-state index contributed by atoms with van der Waals surface area (Å²) in [6, 6.07) is 3.07. The lowest BCUT2D eigenvalue weighted by Crippen LogP contribution is -2.20. The van der Waals surface area contributed by atoms with Crippen LogP contribution in [0.3, 0.4) is 0 Å². The number of benzene rings is 1. The molecule has 6 heteroatoms.